The van der Waals surface area contributed by atoms with Gasteiger partial charge in [-0.2, -0.15) is 0 Å². The van der Waals surface area contributed by atoms with Crippen LogP contribution in [0.3, 0.4) is 0 Å². The van der Waals surface area contributed by atoms with E-state index in [0.717, 1.165) is 11.1 Å². The first-order valence-corrected chi connectivity index (χ1v) is 10.2. The highest BCUT2D eigenvalue weighted by atomic mass is 19.1. The van der Waals surface area contributed by atoms with E-state index in [4.69, 9.17) is 9.47 Å². The van der Waals surface area contributed by atoms with E-state index >= 15 is 0 Å². The number of aryl methyl sites for hydroxylation is 1. The maximum atomic E-state index is 13.3. The smallest absolute Gasteiger partial charge is 0.268 e. The number of carbonyl (C=O) groups excluding carboxylic acids is 2. The maximum Gasteiger partial charge on any atom is 0.268 e. The number of halogens is 1. The van der Waals surface area contributed by atoms with Gasteiger partial charge in [-0.25, -0.2) is 4.39 Å². The second-order valence-electron chi connectivity index (χ2n) is 7.64. The Labute approximate surface area is 185 Å². The third-order valence-electron chi connectivity index (χ3n) is 5.10. The van der Waals surface area contributed by atoms with E-state index in [0.29, 0.717) is 22.9 Å². The van der Waals surface area contributed by atoms with Crippen LogP contribution in [0.4, 0.5) is 15.8 Å². The molecule has 1 N–H and O–H groups in total. The normalized spacial score (nSPS) is 15.0. The molecule has 0 spiro atoms. The molecule has 0 radical (unpaired) electrons. The molecule has 2 amide bonds. The first-order chi connectivity index (χ1) is 15.4. The molecule has 1 heterocycles. The zero-order chi connectivity index (χ0) is 22.7. The standard InChI is InChI=1S/C25H23FN2O4/c1-16-3-10-21(11-4-16)31-15-24(29)27-20-9-12-23-22(13-20)28(25(30)17(2)32-23)14-18-5-7-19(26)8-6-18/h3-13,17H,14-15H2,1-2H3,(H,27,29). The largest absolute Gasteiger partial charge is 0.484 e. The summed E-state index contributed by atoms with van der Waals surface area (Å²) in [5.41, 5.74) is 2.93. The number of fused-ring (bicyclic) bond motifs is 1. The molecule has 0 aromatic heterocycles. The Kier molecular flexibility index (Phi) is 6.07. The molecule has 0 fully saturated rings. The van der Waals surface area contributed by atoms with Gasteiger partial charge in [0.25, 0.3) is 11.8 Å². The molecule has 1 atom stereocenters. The van der Waals surface area contributed by atoms with E-state index in [1.807, 2.05) is 19.1 Å². The lowest BCUT2D eigenvalue weighted by atomic mass is 10.1. The molecule has 4 rings (SSSR count). The molecule has 0 bridgehead atoms. The average molecular weight is 434 g/mol. The fourth-order valence-electron chi connectivity index (χ4n) is 3.40. The Hall–Kier alpha value is -3.87. The average Bonchev–Trinajstić information content (AvgIpc) is 2.78. The number of carbonyl (C=O) groups is 2. The molecule has 3 aromatic carbocycles. The van der Waals surface area contributed by atoms with Crippen LogP contribution in [0.2, 0.25) is 0 Å². The summed E-state index contributed by atoms with van der Waals surface area (Å²) >= 11 is 0. The van der Waals surface area contributed by atoms with Gasteiger partial charge in [0.05, 0.1) is 12.2 Å². The molecule has 1 aliphatic rings. The van der Waals surface area contributed by atoms with Gasteiger partial charge >= 0.3 is 0 Å². The molecule has 164 valence electrons. The fraction of sp³-hybridized carbons (Fsp3) is 0.200. The number of amides is 2. The van der Waals surface area contributed by atoms with Crippen molar-refractivity contribution >= 4 is 23.2 Å². The Morgan fingerprint density at radius 2 is 1.81 bits per heavy atom. The van der Waals surface area contributed by atoms with E-state index in [2.05, 4.69) is 5.32 Å². The van der Waals surface area contributed by atoms with Crippen molar-refractivity contribution in [2.24, 2.45) is 0 Å². The molecule has 6 nitrogen and oxygen atoms in total. The number of benzene rings is 3. The monoisotopic (exact) mass is 434 g/mol. The molecular formula is C25H23FN2O4. The first kappa shape index (κ1) is 21.4. The number of nitrogens with one attached hydrogen (secondary N) is 1. The van der Waals surface area contributed by atoms with Gasteiger partial charge in [0.15, 0.2) is 12.7 Å². The molecule has 1 aliphatic heterocycles. The summed E-state index contributed by atoms with van der Waals surface area (Å²) in [5.74, 6) is 0.261. The Bertz CT molecular complexity index is 1130. The van der Waals surface area contributed by atoms with Crippen molar-refractivity contribution in [3.63, 3.8) is 0 Å². The quantitative estimate of drug-likeness (QED) is 0.622. The van der Waals surface area contributed by atoms with Crippen LogP contribution in [0.1, 0.15) is 18.1 Å². The highest BCUT2D eigenvalue weighted by Crippen LogP contribution is 2.37. The molecule has 32 heavy (non-hydrogen) atoms. The van der Waals surface area contributed by atoms with Gasteiger partial charge in [0, 0.05) is 5.69 Å². The van der Waals surface area contributed by atoms with Crippen LogP contribution < -0.4 is 19.7 Å². The molecule has 0 saturated heterocycles. The van der Waals surface area contributed by atoms with Crippen LogP contribution in [-0.4, -0.2) is 24.5 Å². The first-order valence-electron chi connectivity index (χ1n) is 10.2. The van der Waals surface area contributed by atoms with Crippen LogP contribution in [0.15, 0.2) is 66.7 Å². The third-order valence-corrected chi connectivity index (χ3v) is 5.10. The maximum absolute atomic E-state index is 13.3. The van der Waals surface area contributed by atoms with E-state index in [1.54, 1.807) is 54.3 Å². The van der Waals surface area contributed by atoms with Crippen LogP contribution in [0.25, 0.3) is 0 Å². The van der Waals surface area contributed by atoms with Crippen LogP contribution in [-0.2, 0) is 16.1 Å². The predicted octanol–water partition coefficient (Wildman–Crippen LogP) is 4.47. The van der Waals surface area contributed by atoms with Gasteiger partial charge in [0.2, 0.25) is 0 Å². The zero-order valence-electron chi connectivity index (χ0n) is 17.8. The molecule has 0 saturated carbocycles. The number of hydrogen-bond acceptors (Lipinski definition) is 4. The molecule has 7 heteroatoms. The van der Waals surface area contributed by atoms with E-state index in [1.165, 1.54) is 12.1 Å². The summed E-state index contributed by atoms with van der Waals surface area (Å²) in [6.45, 7) is 3.77. The van der Waals surface area contributed by atoms with Crippen molar-refractivity contribution in [3.8, 4) is 11.5 Å². The lowest BCUT2D eigenvalue weighted by molar-refractivity contribution is -0.125. The second kappa shape index (κ2) is 9.09. The topological polar surface area (TPSA) is 67.9 Å². The summed E-state index contributed by atoms with van der Waals surface area (Å²) in [4.78, 5) is 26.7. The minimum Gasteiger partial charge on any atom is -0.484 e. The zero-order valence-corrected chi connectivity index (χ0v) is 17.8. The molecule has 3 aromatic rings. The number of ether oxygens (including phenoxy) is 2. The SMILES string of the molecule is Cc1ccc(OCC(=O)Nc2ccc3c(c2)N(Cc2ccc(F)cc2)C(=O)C(C)O3)cc1. The summed E-state index contributed by atoms with van der Waals surface area (Å²) in [6.07, 6.45) is -0.647. The predicted molar refractivity (Wildman–Crippen MR) is 119 cm³/mol. The van der Waals surface area contributed by atoms with Crippen LogP contribution >= 0.6 is 0 Å². The van der Waals surface area contributed by atoms with E-state index < -0.39 is 6.10 Å². The highest BCUT2D eigenvalue weighted by Gasteiger charge is 2.31. The van der Waals surface area contributed by atoms with Crippen molar-refractivity contribution in [1.29, 1.82) is 0 Å². The van der Waals surface area contributed by atoms with E-state index in [9.17, 15) is 14.0 Å². The fourth-order valence-corrected chi connectivity index (χ4v) is 3.40. The van der Waals surface area contributed by atoms with Gasteiger partial charge in [-0.15, -0.1) is 0 Å². The molecular weight excluding hydrogens is 411 g/mol. The number of nitrogens with zero attached hydrogens (tertiary/aromatic N) is 1. The lowest BCUT2D eigenvalue weighted by Crippen LogP contribution is -2.44. The van der Waals surface area contributed by atoms with Crippen molar-refractivity contribution in [1.82, 2.24) is 0 Å². The molecule has 1 unspecified atom stereocenters. The molecule has 0 aliphatic carbocycles. The van der Waals surface area contributed by atoms with Crippen molar-refractivity contribution < 1.29 is 23.5 Å². The summed E-state index contributed by atoms with van der Waals surface area (Å²) in [7, 11) is 0. The van der Waals surface area contributed by atoms with Gasteiger partial charge in [-0.1, -0.05) is 29.8 Å². The summed E-state index contributed by atoms with van der Waals surface area (Å²) in [6, 6.07) is 18.5. The highest BCUT2D eigenvalue weighted by molar-refractivity contribution is 6.01. The second-order valence-corrected chi connectivity index (χ2v) is 7.64. The lowest BCUT2D eigenvalue weighted by Gasteiger charge is -2.33. The van der Waals surface area contributed by atoms with Crippen molar-refractivity contribution in [3.05, 3.63) is 83.7 Å². The minimum atomic E-state index is -0.647. The van der Waals surface area contributed by atoms with Crippen LogP contribution in [0.5, 0.6) is 11.5 Å². The Balaban J connectivity index is 1.49. The summed E-state index contributed by atoms with van der Waals surface area (Å²) < 4.78 is 24.5. The third kappa shape index (κ3) is 4.88. The van der Waals surface area contributed by atoms with Gasteiger partial charge in [-0.05, 0) is 61.9 Å². The van der Waals surface area contributed by atoms with Gasteiger partial charge in [-0.3, -0.25) is 9.59 Å². The number of anilines is 2. The van der Waals surface area contributed by atoms with Crippen molar-refractivity contribution in [2.45, 2.75) is 26.5 Å². The summed E-state index contributed by atoms with van der Waals surface area (Å²) in [5, 5.41) is 2.78. The Morgan fingerprint density at radius 1 is 1.09 bits per heavy atom. The number of hydrogen-bond donors (Lipinski definition) is 1. The van der Waals surface area contributed by atoms with Gasteiger partial charge < -0.3 is 19.7 Å². The van der Waals surface area contributed by atoms with Crippen LogP contribution in [0, 0.1) is 12.7 Å². The Morgan fingerprint density at radius 3 is 2.53 bits per heavy atom. The number of rotatable bonds is 6. The van der Waals surface area contributed by atoms with Gasteiger partial charge in [0.1, 0.15) is 17.3 Å². The van der Waals surface area contributed by atoms with E-state index in [-0.39, 0.29) is 30.8 Å². The minimum absolute atomic E-state index is 0.147. The van der Waals surface area contributed by atoms with Crippen molar-refractivity contribution in [2.75, 3.05) is 16.8 Å².